The van der Waals surface area contributed by atoms with Gasteiger partial charge in [-0.05, 0) is 66.1 Å². The van der Waals surface area contributed by atoms with Gasteiger partial charge in [0.05, 0.1) is 18.4 Å². The van der Waals surface area contributed by atoms with Crippen molar-refractivity contribution in [3.8, 4) is 5.75 Å². The quantitative estimate of drug-likeness (QED) is 0.344. The van der Waals surface area contributed by atoms with Crippen LogP contribution in [0.5, 0.6) is 5.75 Å². The number of aromatic nitrogens is 2. The fraction of sp³-hybridized carbons (Fsp3) is 0.120. The van der Waals surface area contributed by atoms with Crippen LogP contribution in [0.4, 0.5) is 5.69 Å². The molecule has 0 radical (unpaired) electrons. The highest BCUT2D eigenvalue weighted by atomic mass is 35.5. The maximum atomic E-state index is 12.7. The number of ether oxygens (including phenoxy) is 1. The van der Waals surface area contributed by atoms with Crippen LogP contribution < -0.4 is 10.1 Å². The Morgan fingerprint density at radius 2 is 1.78 bits per heavy atom. The van der Waals surface area contributed by atoms with Gasteiger partial charge in [0.15, 0.2) is 0 Å². The summed E-state index contributed by atoms with van der Waals surface area (Å²) in [6.45, 7) is 2.85. The number of nitrogens with zero attached hydrogens (tertiary/aromatic N) is 2. The molecule has 0 bridgehead atoms. The molecule has 5 nitrogen and oxygen atoms in total. The van der Waals surface area contributed by atoms with Crippen LogP contribution >= 0.6 is 23.2 Å². The van der Waals surface area contributed by atoms with E-state index in [0.717, 1.165) is 22.4 Å². The third kappa shape index (κ3) is 5.69. The van der Waals surface area contributed by atoms with Crippen molar-refractivity contribution in [3.05, 3.63) is 111 Å². The molecule has 0 spiro atoms. The molecule has 1 heterocycles. The minimum atomic E-state index is -0.211. The van der Waals surface area contributed by atoms with Gasteiger partial charge in [-0.3, -0.25) is 9.48 Å². The van der Waals surface area contributed by atoms with Crippen molar-refractivity contribution in [1.29, 1.82) is 0 Å². The molecule has 0 aliphatic heterocycles. The number of nitrogens with one attached hydrogen (secondary N) is 1. The summed E-state index contributed by atoms with van der Waals surface area (Å²) in [4.78, 5) is 12.7. The van der Waals surface area contributed by atoms with Gasteiger partial charge in [0.25, 0.3) is 5.91 Å². The summed E-state index contributed by atoms with van der Waals surface area (Å²) >= 11 is 12.0. The first kappa shape index (κ1) is 21.9. The SMILES string of the molecule is Cc1cc(Cl)ccc1OCc1cccc(C(=O)Nc2cnn(Cc3cccc(Cl)c3)c2)c1. The molecule has 0 aliphatic rings. The largest absolute Gasteiger partial charge is 0.489 e. The minimum Gasteiger partial charge on any atom is -0.489 e. The molecule has 1 amide bonds. The number of benzene rings is 3. The van der Waals surface area contributed by atoms with Gasteiger partial charge < -0.3 is 10.1 Å². The first-order valence-corrected chi connectivity index (χ1v) is 10.8. The van der Waals surface area contributed by atoms with Crippen molar-refractivity contribution < 1.29 is 9.53 Å². The lowest BCUT2D eigenvalue weighted by Gasteiger charge is -2.10. The minimum absolute atomic E-state index is 0.211. The summed E-state index contributed by atoms with van der Waals surface area (Å²) in [5, 5.41) is 8.55. The summed E-state index contributed by atoms with van der Waals surface area (Å²) in [7, 11) is 0. The zero-order valence-electron chi connectivity index (χ0n) is 17.4. The molecule has 32 heavy (non-hydrogen) atoms. The molecule has 7 heteroatoms. The predicted octanol–water partition coefficient (Wildman–Crippen LogP) is 6.38. The molecule has 0 saturated carbocycles. The van der Waals surface area contributed by atoms with Crippen molar-refractivity contribution >= 4 is 34.8 Å². The molecular formula is C25H21Cl2N3O2. The lowest BCUT2D eigenvalue weighted by molar-refractivity contribution is 0.102. The Bertz CT molecular complexity index is 1250. The number of carbonyl (C=O) groups is 1. The van der Waals surface area contributed by atoms with E-state index in [4.69, 9.17) is 27.9 Å². The highest BCUT2D eigenvalue weighted by Gasteiger charge is 2.10. The average molecular weight is 466 g/mol. The van der Waals surface area contributed by atoms with Gasteiger partial charge in [-0.15, -0.1) is 0 Å². The van der Waals surface area contributed by atoms with Crippen molar-refractivity contribution in [2.24, 2.45) is 0 Å². The van der Waals surface area contributed by atoms with Gasteiger partial charge in [0.2, 0.25) is 0 Å². The van der Waals surface area contributed by atoms with Crippen molar-refractivity contribution in [1.82, 2.24) is 9.78 Å². The summed E-state index contributed by atoms with van der Waals surface area (Å²) in [6.07, 6.45) is 3.41. The van der Waals surface area contributed by atoms with E-state index in [-0.39, 0.29) is 5.91 Å². The van der Waals surface area contributed by atoms with Crippen LogP contribution in [0.25, 0.3) is 0 Å². The summed E-state index contributed by atoms with van der Waals surface area (Å²) in [5.41, 5.74) is 4.05. The first-order chi connectivity index (χ1) is 15.5. The van der Waals surface area contributed by atoms with Crippen molar-refractivity contribution in [2.45, 2.75) is 20.1 Å². The van der Waals surface area contributed by atoms with E-state index >= 15 is 0 Å². The Balaban J connectivity index is 1.38. The molecule has 1 aromatic heterocycles. The second kappa shape index (κ2) is 9.90. The summed E-state index contributed by atoms with van der Waals surface area (Å²) in [5.74, 6) is 0.549. The van der Waals surface area contributed by atoms with Crippen LogP contribution in [0.2, 0.25) is 10.0 Å². The first-order valence-electron chi connectivity index (χ1n) is 10.0. The number of halogens is 2. The Labute approximate surface area is 196 Å². The fourth-order valence-electron chi connectivity index (χ4n) is 3.28. The van der Waals surface area contributed by atoms with E-state index in [0.29, 0.717) is 34.4 Å². The predicted molar refractivity (Wildman–Crippen MR) is 128 cm³/mol. The smallest absolute Gasteiger partial charge is 0.255 e. The maximum absolute atomic E-state index is 12.7. The van der Waals surface area contributed by atoms with Crippen LogP contribution in [0.15, 0.2) is 79.1 Å². The van der Waals surface area contributed by atoms with Gasteiger partial charge in [-0.2, -0.15) is 5.10 Å². The number of rotatable bonds is 7. The molecule has 0 unspecified atom stereocenters. The molecule has 3 aromatic carbocycles. The van der Waals surface area contributed by atoms with Crippen molar-refractivity contribution in [3.63, 3.8) is 0 Å². The summed E-state index contributed by atoms with van der Waals surface area (Å²) < 4.78 is 7.64. The molecule has 0 aliphatic carbocycles. The van der Waals surface area contributed by atoms with E-state index in [1.165, 1.54) is 0 Å². The molecule has 0 atom stereocenters. The number of hydrogen-bond donors (Lipinski definition) is 1. The topological polar surface area (TPSA) is 56.1 Å². The van der Waals surface area contributed by atoms with Gasteiger partial charge in [-0.1, -0.05) is 47.5 Å². The van der Waals surface area contributed by atoms with Gasteiger partial charge in [-0.25, -0.2) is 0 Å². The Morgan fingerprint density at radius 1 is 1.00 bits per heavy atom. The zero-order valence-corrected chi connectivity index (χ0v) is 18.9. The lowest BCUT2D eigenvalue weighted by Crippen LogP contribution is -2.12. The Kier molecular flexibility index (Phi) is 6.78. The van der Waals surface area contributed by atoms with E-state index in [2.05, 4.69) is 10.4 Å². The Morgan fingerprint density at radius 3 is 2.59 bits per heavy atom. The molecule has 1 N–H and O–H groups in total. The number of hydrogen-bond acceptors (Lipinski definition) is 3. The zero-order chi connectivity index (χ0) is 22.5. The van der Waals surface area contributed by atoms with E-state index in [1.54, 1.807) is 29.2 Å². The van der Waals surface area contributed by atoms with Gasteiger partial charge >= 0.3 is 0 Å². The van der Waals surface area contributed by atoms with Crippen LogP contribution in [0.1, 0.15) is 27.0 Å². The number of carbonyl (C=O) groups excluding carboxylic acids is 1. The monoisotopic (exact) mass is 465 g/mol. The molecule has 0 fully saturated rings. The van der Waals surface area contributed by atoms with Crippen LogP contribution in [0, 0.1) is 6.92 Å². The molecule has 4 aromatic rings. The standard InChI is InChI=1S/C25H21Cl2N3O2/c1-17-10-22(27)8-9-24(17)32-16-19-5-2-6-20(11-19)25(31)29-23-13-28-30(15-23)14-18-4-3-7-21(26)12-18/h2-13,15H,14,16H2,1H3,(H,29,31). The van der Waals surface area contributed by atoms with Gasteiger partial charge in [0, 0.05) is 21.8 Å². The fourth-order valence-corrected chi connectivity index (χ4v) is 3.72. The maximum Gasteiger partial charge on any atom is 0.255 e. The molecule has 4 rings (SSSR count). The van der Waals surface area contributed by atoms with E-state index in [1.807, 2.05) is 61.5 Å². The lowest BCUT2D eigenvalue weighted by atomic mass is 10.1. The molecular weight excluding hydrogens is 445 g/mol. The van der Waals surface area contributed by atoms with Gasteiger partial charge in [0.1, 0.15) is 12.4 Å². The normalized spacial score (nSPS) is 10.7. The third-order valence-electron chi connectivity index (χ3n) is 4.85. The average Bonchev–Trinajstić information content (AvgIpc) is 3.20. The number of amides is 1. The van der Waals surface area contributed by atoms with E-state index in [9.17, 15) is 4.79 Å². The highest BCUT2D eigenvalue weighted by molar-refractivity contribution is 6.30. The molecule has 0 saturated heterocycles. The summed E-state index contributed by atoms with van der Waals surface area (Å²) in [6, 6.07) is 20.4. The van der Waals surface area contributed by atoms with Crippen LogP contribution in [0.3, 0.4) is 0 Å². The third-order valence-corrected chi connectivity index (χ3v) is 5.32. The van der Waals surface area contributed by atoms with Crippen molar-refractivity contribution in [2.75, 3.05) is 5.32 Å². The second-order valence-corrected chi connectivity index (χ2v) is 8.28. The van der Waals surface area contributed by atoms with E-state index < -0.39 is 0 Å². The molecule has 162 valence electrons. The second-order valence-electron chi connectivity index (χ2n) is 7.41. The number of aryl methyl sites for hydroxylation is 1. The Hall–Kier alpha value is -3.28. The highest BCUT2D eigenvalue weighted by Crippen LogP contribution is 2.23. The number of anilines is 1. The van der Waals surface area contributed by atoms with Crippen LogP contribution in [-0.2, 0) is 13.2 Å². The van der Waals surface area contributed by atoms with Crippen LogP contribution in [-0.4, -0.2) is 15.7 Å².